The molecule has 1 aliphatic rings. The van der Waals surface area contributed by atoms with Gasteiger partial charge in [0.25, 0.3) is 0 Å². The van der Waals surface area contributed by atoms with Crippen molar-refractivity contribution in [3.8, 4) is 11.5 Å². The van der Waals surface area contributed by atoms with Crippen molar-refractivity contribution in [3.05, 3.63) is 48.3 Å². The minimum absolute atomic E-state index is 0.0903. The van der Waals surface area contributed by atoms with Crippen LogP contribution in [0, 0.1) is 0 Å². The van der Waals surface area contributed by atoms with Crippen LogP contribution in [0.2, 0.25) is 0 Å². The zero-order valence-corrected chi connectivity index (χ0v) is 22.9. The normalized spacial score (nSPS) is 15.4. The molecule has 11 heteroatoms. The number of benzene rings is 2. The van der Waals surface area contributed by atoms with Gasteiger partial charge in [-0.25, -0.2) is 4.98 Å². The van der Waals surface area contributed by atoms with E-state index < -0.39 is 7.60 Å². The maximum Gasteiger partial charge on any atom is 0.332 e. The summed E-state index contributed by atoms with van der Waals surface area (Å²) in [6, 6.07) is 11.5. The predicted molar refractivity (Wildman–Crippen MR) is 146 cm³/mol. The van der Waals surface area contributed by atoms with Gasteiger partial charge in [0, 0.05) is 62.1 Å². The average Bonchev–Trinajstić information content (AvgIpc) is 3.34. The summed E-state index contributed by atoms with van der Waals surface area (Å²) in [6.45, 7) is 5.36. The maximum atomic E-state index is 13.3. The summed E-state index contributed by atoms with van der Waals surface area (Å²) in [5.74, 6) is 1.38. The third-order valence-electron chi connectivity index (χ3n) is 6.04. The summed E-state index contributed by atoms with van der Waals surface area (Å²) in [4.78, 5) is 11.6. The summed E-state index contributed by atoms with van der Waals surface area (Å²) in [5, 5.41) is 6.22. The van der Waals surface area contributed by atoms with Crippen LogP contribution in [0.4, 0.5) is 11.4 Å². The molecule has 1 aliphatic heterocycles. The molecule has 37 heavy (non-hydrogen) atoms. The van der Waals surface area contributed by atoms with Gasteiger partial charge in [-0.05, 0) is 32.0 Å². The molecule has 10 nitrogen and oxygen atoms in total. The molecular formula is C26H34N5O5P. The molecule has 0 fully saturated rings. The molecule has 0 amide bonds. The quantitative estimate of drug-likeness (QED) is 0.299. The molecule has 4 rings (SSSR count). The van der Waals surface area contributed by atoms with E-state index in [-0.39, 0.29) is 12.1 Å². The van der Waals surface area contributed by atoms with Crippen molar-refractivity contribution in [2.24, 2.45) is 5.10 Å². The first-order chi connectivity index (χ1) is 17.9. The molecule has 1 unspecified atom stereocenters. The Morgan fingerprint density at radius 1 is 1.00 bits per heavy atom. The fourth-order valence-corrected chi connectivity index (χ4v) is 5.81. The molecular weight excluding hydrogens is 493 g/mol. The van der Waals surface area contributed by atoms with Gasteiger partial charge in [0.15, 0.2) is 0 Å². The van der Waals surface area contributed by atoms with Gasteiger partial charge in [0.1, 0.15) is 11.5 Å². The minimum atomic E-state index is -3.28. The number of hydrogen-bond donors (Lipinski definition) is 0. The van der Waals surface area contributed by atoms with Crippen LogP contribution in [-0.2, 0) is 13.6 Å². The number of methoxy groups -OCH3 is 2. The van der Waals surface area contributed by atoms with Crippen LogP contribution in [-0.4, -0.2) is 74.9 Å². The second-order valence-corrected chi connectivity index (χ2v) is 10.8. The molecule has 0 saturated carbocycles. The summed E-state index contributed by atoms with van der Waals surface area (Å²) in [7, 11) is 1.88. The number of aromatic nitrogens is 2. The Labute approximate surface area is 217 Å². The third-order valence-corrected chi connectivity index (χ3v) is 8.09. The van der Waals surface area contributed by atoms with E-state index in [9.17, 15) is 4.57 Å². The third kappa shape index (κ3) is 6.39. The van der Waals surface area contributed by atoms with E-state index in [1.807, 2.05) is 79.6 Å². The zero-order valence-electron chi connectivity index (χ0n) is 22.0. The highest BCUT2D eigenvalue weighted by molar-refractivity contribution is 7.53. The van der Waals surface area contributed by atoms with E-state index in [1.54, 1.807) is 14.2 Å². The van der Waals surface area contributed by atoms with Crippen LogP contribution in [0.5, 0.6) is 11.5 Å². The fourth-order valence-electron chi connectivity index (χ4n) is 4.24. The van der Waals surface area contributed by atoms with Crippen LogP contribution in [0.15, 0.2) is 47.7 Å². The van der Waals surface area contributed by atoms with E-state index in [0.29, 0.717) is 31.3 Å². The van der Waals surface area contributed by atoms with Gasteiger partial charge in [0.2, 0.25) is 0 Å². The van der Waals surface area contributed by atoms with Crippen LogP contribution < -0.4 is 14.4 Å². The largest absolute Gasteiger partial charge is 0.497 e. The standard InChI is InChI=1S/C26H34N5O5P/c1-6-35-37(32,36-7-2)11-10-31(21-12-22(33-4)15-23(13-21)34-5)20-8-9-24-25(14-20)29-26(17-27-24)19-16-28-30(3)18-19/h8-9,12-17,19H,6-7,10-11,18H2,1-5H3. The predicted octanol–water partition coefficient (Wildman–Crippen LogP) is 5.07. The molecule has 1 atom stereocenters. The number of fused-ring (bicyclic) bond motifs is 1. The number of hydrazone groups is 1. The fraction of sp³-hybridized carbons (Fsp3) is 0.423. The molecule has 0 N–H and O–H groups in total. The lowest BCUT2D eigenvalue weighted by atomic mass is 10.1. The Hall–Kier alpha value is -3.20. The van der Waals surface area contributed by atoms with Crippen molar-refractivity contribution in [3.63, 3.8) is 0 Å². The highest BCUT2D eigenvalue weighted by Gasteiger charge is 2.26. The van der Waals surface area contributed by atoms with Crippen molar-refractivity contribution >= 4 is 36.2 Å². The zero-order chi connectivity index (χ0) is 26.4. The Morgan fingerprint density at radius 3 is 2.30 bits per heavy atom. The second kappa shape index (κ2) is 11.9. The van der Waals surface area contributed by atoms with Crippen LogP contribution in [0.1, 0.15) is 25.5 Å². The van der Waals surface area contributed by atoms with E-state index in [2.05, 4.69) is 10.1 Å². The first kappa shape index (κ1) is 26.9. The van der Waals surface area contributed by atoms with Crippen LogP contribution in [0.3, 0.4) is 0 Å². The summed E-state index contributed by atoms with van der Waals surface area (Å²) in [5.41, 5.74) is 4.07. The van der Waals surface area contributed by atoms with E-state index >= 15 is 0 Å². The van der Waals surface area contributed by atoms with Gasteiger partial charge >= 0.3 is 7.60 Å². The molecule has 0 spiro atoms. The first-order valence-corrected chi connectivity index (χ1v) is 14.0. The molecule has 0 bridgehead atoms. The van der Waals surface area contributed by atoms with Crippen LogP contribution >= 0.6 is 7.60 Å². The van der Waals surface area contributed by atoms with E-state index in [1.165, 1.54) is 0 Å². The number of likely N-dealkylation sites (N-methyl/N-ethyl adjacent to an activating group) is 1. The molecule has 3 aromatic rings. The minimum Gasteiger partial charge on any atom is -0.497 e. The Kier molecular flexibility index (Phi) is 8.63. The van der Waals surface area contributed by atoms with E-state index in [0.717, 1.165) is 34.6 Å². The van der Waals surface area contributed by atoms with Gasteiger partial charge in [0.05, 0.1) is 56.2 Å². The Balaban J connectivity index is 1.75. The van der Waals surface area contributed by atoms with Crippen molar-refractivity contribution in [2.75, 3.05) is 58.6 Å². The van der Waals surface area contributed by atoms with Crippen molar-refractivity contribution in [1.29, 1.82) is 0 Å². The van der Waals surface area contributed by atoms with Crippen LogP contribution in [0.25, 0.3) is 11.0 Å². The highest BCUT2D eigenvalue weighted by atomic mass is 31.2. The topological polar surface area (TPSA) is 98.6 Å². The lowest BCUT2D eigenvalue weighted by molar-refractivity contribution is 0.220. The van der Waals surface area contributed by atoms with Gasteiger partial charge in [-0.1, -0.05) is 0 Å². The number of ether oxygens (including phenoxy) is 2. The van der Waals surface area contributed by atoms with Gasteiger partial charge < -0.3 is 23.4 Å². The monoisotopic (exact) mass is 527 g/mol. The van der Waals surface area contributed by atoms with Crippen molar-refractivity contribution < 1.29 is 23.1 Å². The lowest BCUT2D eigenvalue weighted by Gasteiger charge is -2.28. The highest BCUT2D eigenvalue weighted by Crippen LogP contribution is 2.48. The summed E-state index contributed by atoms with van der Waals surface area (Å²) in [6.07, 6.45) is 3.90. The van der Waals surface area contributed by atoms with Gasteiger partial charge in [-0.2, -0.15) is 5.10 Å². The second-order valence-electron chi connectivity index (χ2n) is 8.57. The van der Waals surface area contributed by atoms with Crippen molar-refractivity contribution in [1.82, 2.24) is 15.0 Å². The average molecular weight is 528 g/mol. The molecule has 0 aliphatic carbocycles. The summed E-state index contributed by atoms with van der Waals surface area (Å²) < 4.78 is 35.4. The molecule has 198 valence electrons. The molecule has 2 heterocycles. The SMILES string of the molecule is CCOP(=O)(CCN(c1cc(OC)cc(OC)c1)c1ccc2ncc(C3C=NN(C)C3)nc2c1)OCC. The number of rotatable bonds is 12. The Morgan fingerprint density at radius 2 is 1.70 bits per heavy atom. The molecule has 0 saturated heterocycles. The van der Waals surface area contributed by atoms with Gasteiger partial charge in [-0.15, -0.1) is 0 Å². The Bertz CT molecular complexity index is 1270. The van der Waals surface area contributed by atoms with Crippen molar-refractivity contribution in [2.45, 2.75) is 19.8 Å². The maximum absolute atomic E-state index is 13.3. The molecule has 1 aromatic heterocycles. The molecule has 0 radical (unpaired) electrons. The number of anilines is 2. The lowest BCUT2D eigenvalue weighted by Crippen LogP contribution is -2.22. The number of hydrogen-bond acceptors (Lipinski definition) is 10. The number of nitrogens with zero attached hydrogens (tertiary/aromatic N) is 5. The molecule has 2 aromatic carbocycles. The van der Waals surface area contributed by atoms with E-state index in [4.69, 9.17) is 23.5 Å². The van der Waals surface area contributed by atoms with Gasteiger partial charge in [-0.3, -0.25) is 14.6 Å². The summed E-state index contributed by atoms with van der Waals surface area (Å²) >= 11 is 0. The smallest absolute Gasteiger partial charge is 0.332 e. The first-order valence-electron chi connectivity index (χ1n) is 12.3.